The number of nitrogens with zero attached hydrogens (tertiary/aromatic N) is 4. The molecule has 1 aromatic heterocycles. The summed E-state index contributed by atoms with van der Waals surface area (Å²) in [6, 6.07) is 4.73. The first kappa shape index (κ1) is 17.6. The van der Waals surface area contributed by atoms with Crippen LogP contribution in [0.2, 0.25) is 0 Å². The number of morpholine rings is 1. The second-order valence-corrected chi connectivity index (χ2v) is 6.67. The number of anilines is 1. The van der Waals surface area contributed by atoms with Crippen molar-refractivity contribution >= 4 is 11.5 Å². The molecule has 2 aliphatic rings. The molecule has 25 heavy (non-hydrogen) atoms. The normalized spacial score (nSPS) is 20.6. The lowest BCUT2D eigenvalue weighted by molar-refractivity contribution is -0.385. The molecule has 8 nitrogen and oxygen atoms in total. The minimum absolute atomic E-state index is 0.0677. The van der Waals surface area contributed by atoms with Crippen molar-refractivity contribution in [1.29, 1.82) is 5.26 Å². The Morgan fingerprint density at radius 3 is 2.68 bits per heavy atom. The third-order valence-electron chi connectivity index (χ3n) is 5.24. The summed E-state index contributed by atoms with van der Waals surface area (Å²) < 4.78 is 5.49. The van der Waals surface area contributed by atoms with Gasteiger partial charge in [-0.05, 0) is 18.9 Å². The van der Waals surface area contributed by atoms with Gasteiger partial charge < -0.3 is 10.1 Å². The van der Waals surface area contributed by atoms with E-state index in [4.69, 9.17) is 10.00 Å². The molecule has 1 aliphatic carbocycles. The number of pyridine rings is 1. The SMILES string of the molecule is N#Cc1nc(NCC2(N3CCOCC3)CCCCC2)ccc1[N+](=O)[O-]. The zero-order valence-corrected chi connectivity index (χ0v) is 14.2. The molecule has 134 valence electrons. The van der Waals surface area contributed by atoms with Crippen LogP contribution in [-0.4, -0.2) is 53.2 Å². The zero-order chi connectivity index (χ0) is 17.7. The Hall–Kier alpha value is -2.24. The lowest BCUT2D eigenvalue weighted by Crippen LogP contribution is -2.58. The number of hydrogen-bond donors (Lipinski definition) is 1. The van der Waals surface area contributed by atoms with Gasteiger partial charge in [-0.3, -0.25) is 15.0 Å². The minimum Gasteiger partial charge on any atom is -0.379 e. The maximum atomic E-state index is 10.9. The molecule has 1 saturated heterocycles. The van der Waals surface area contributed by atoms with Gasteiger partial charge in [-0.15, -0.1) is 0 Å². The Morgan fingerprint density at radius 2 is 2.04 bits per heavy atom. The third-order valence-corrected chi connectivity index (χ3v) is 5.24. The standard InChI is InChI=1S/C17H23N5O3/c18-12-14-15(22(23)24)4-5-16(20-14)19-13-17(6-2-1-3-7-17)21-8-10-25-11-9-21/h4-5H,1-3,6-11,13H2,(H,19,20). The van der Waals surface area contributed by atoms with Crippen LogP contribution in [-0.2, 0) is 4.74 Å². The van der Waals surface area contributed by atoms with Crippen LogP contribution in [0.15, 0.2) is 12.1 Å². The molecule has 0 spiro atoms. The molecule has 2 heterocycles. The number of nitrogens with one attached hydrogen (secondary N) is 1. The predicted molar refractivity (Wildman–Crippen MR) is 92.3 cm³/mol. The fourth-order valence-corrected chi connectivity index (χ4v) is 3.89. The summed E-state index contributed by atoms with van der Waals surface area (Å²) in [4.78, 5) is 17.0. The zero-order valence-electron chi connectivity index (χ0n) is 14.2. The molecule has 1 saturated carbocycles. The molecule has 1 N–H and O–H groups in total. The summed E-state index contributed by atoms with van der Waals surface area (Å²) >= 11 is 0. The van der Waals surface area contributed by atoms with Crippen LogP contribution in [0.1, 0.15) is 37.8 Å². The van der Waals surface area contributed by atoms with Gasteiger partial charge in [0.2, 0.25) is 5.69 Å². The molecule has 3 rings (SSSR count). The average molecular weight is 345 g/mol. The Balaban J connectivity index is 1.75. The summed E-state index contributed by atoms with van der Waals surface area (Å²) in [5.74, 6) is 0.514. The van der Waals surface area contributed by atoms with Crippen molar-refractivity contribution in [3.05, 3.63) is 27.9 Å². The smallest absolute Gasteiger partial charge is 0.305 e. The summed E-state index contributed by atoms with van der Waals surface area (Å²) in [5, 5.41) is 23.4. The molecule has 2 fully saturated rings. The van der Waals surface area contributed by atoms with Crippen LogP contribution in [0.4, 0.5) is 11.5 Å². The number of hydrogen-bond acceptors (Lipinski definition) is 7. The van der Waals surface area contributed by atoms with E-state index in [9.17, 15) is 10.1 Å². The van der Waals surface area contributed by atoms with E-state index in [1.54, 1.807) is 6.07 Å². The maximum absolute atomic E-state index is 10.9. The molecular weight excluding hydrogens is 322 g/mol. The molecule has 1 aliphatic heterocycles. The van der Waals surface area contributed by atoms with Crippen molar-refractivity contribution in [2.45, 2.75) is 37.6 Å². The third kappa shape index (κ3) is 3.89. The Kier molecular flexibility index (Phi) is 5.46. The fourth-order valence-electron chi connectivity index (χ4n) is 3.89. The Bertz CT molecular complexity index is 661. The monoisotopic (exact) mass is 345 g/mol. The van der Waals surface area contributed by atoms with Gasteiger partial charge in [0, 0.05) is 31.2 Å². The van der Waals surface area contributed by atoms with Crippen molar-refractivity contribution in [3.63, 3.8) is 0 Å². The van der Waals surface area contributed by atoms with Gasteiger partial charge in [0.25, 0.3) is 0 Å². The van der Waals surface area contributed by atoms with Crippen LogP contribution in [0, 0.1) is 21.4 Å². The minimum atomic E-state index is -0.578. The summed E-state index contributed by atoms with van der Waals surface area (Å²) in [5.41, 5.74) is -0.342. The van der Waals surface area contributed by atoms with Gasteiger partial charge in [-0.25, -0.2) is 4.98 Å². The van der Waals surface area contributed by atoms with Gasteiger partial charge in [0.1, 0.15) is 11.9 Å². The van der Waals surface area contributed by atoms with Gasteiger partial charge >= 0.3 is 5.69 Å². The van der Waals surface area contributed by atoms with E-state index in [1.807, 2.05) is 6.07 Å². The maximum Gasteiger partial charge on any atom is 0.305 e. The second kappa shape index (κ2) is 7.76. The topological polar surface area (TPSA) is 104 Å². The molecule has 0 radical (unpaired) electrons. The second-order valence-electron chi connectivity index (χ2n) is 6.67. The van der Waals surface area contributed by atoms with E-state index < -0.39 is 4.92 Å². The van der Waals surface area contributed by atoms with Gasteiger partial charge in [-0.1, -0.05) is 19.3 Å². The summed E-state index contributed by atoms with van der Waals surface area (Å²) in [7, 11) is 0. The molecule has 0 atom stereocenters. The molecular formula is C17H23N5O3. The van der Waals surface area contributed by atoms with E-state index in [2.05, 4.69) is 15.2 Å². The first-order valence-corrected chi connectivity index (χ1v) is 8.77. The van der Waals surface area contributed by atoms with Crippen molar-refractivity contribution < 1.29 is 9.66 Å². The van der Waals surface area contributed by atoms with E-state index in [-0.39, 0.29) is 16.9 Å². The van der Waals surface area contributed by atoms with E-state index in [0.717, 1.165) is 45.7 Å². The summed E-state index contributed by atoms with van der Waals surface area (Å²) in [6.07, 6.45) is 5.92. The number of nitro groups is 1. The molecule has 0 bridgehead atoms. The summed E-state index contributed by atoms with van der Waals surface area (Å²) in [6.45, 7) is 4.10. The van der Waals surface area contributed by atoms with Gasteiger partial charge in [0.05, 0.1) is 18.1 Å². The highest BCUT2D eigenvalue weighted by Gasteiger charge is 2.38. The van der Waals surface area contributed by atoms with Gasteiger partial charge in [-0.2, -0.15) is 5.26 Å². The van der Waals surface area contributed by atoms with Crippen LogP contribution in [0.25, 0.3) is 0 Å². The lowest BCUT2D eigenvalue weighted by atomic mass is 9.79. The number of rotatable bonds is 5. The highest BCUT2D eigenvalue weighted by Crippen LogP contribution is 2.34. The highest BCUT2D eigenvalue weighted by atomic mass is 16.6. The van der Waals surface area contributed by atoms with Crippen molar-refractivity contribution in [3.8, 4) is 6.07 Å². The predicted octanol–water partition coefficient (Wildman–Crippen LogP) is 2.31. The fraction of sp³-hybridized carbons (Fsp3) is 0.647. The first-order chi connectivity index (χ1) is 12.1. The first-order valence-electron chi connectivity index (χ1n) is 8.77. The number of ether oxygens (including phenoxy) is 1. The Labute approximate surface area is 146 Å². The lowest BCUT2D eigenvalue weighted by Gasteiger charge is -2.48. The molecule has 0 aromatic carbocycles. The van der Waals surface area contributed by atoms with Crippen molar-refractivity contribution in [1.82, 2.24) is 9.88 Å². The van der Waals surface area contributed by atoms with E-state index in [1.165, 1.54) is 25.3 Å². The molecule has 8 heteroatoms. The highest BCUT2D eigenvalue weighted by molar-refractivity contribution is 5.50. The van der Waals surface area contributed by atoms with E-state index >= 15 is 0 Å². The van der Waals surface area contributed by atoms with Crippen molar-refractivity contribution in [2.75, 3.05) is 38.2 Å². The quantitative estimate of drug-likeness (QED) is 0.645. The van der Waals surface area contributed by atoms with Crippen LogP contribution in [0.5, 0.6) is 0 Å². The van der Waals surface area contributed by atoms with Gasteiger partial charge in [0.15, 0.2) is 0 Å². The Morgan fingerprint density at radius 1 is 1.32 bits per heavy atom. The van der Waals surface area contributed by atoms with E-state index in [0.29, 0.717) is 5.82 Å². The van der Waals surface area contributed by atoms with Crippen LogP contribution in [0.3, 0.4) is 0 Å². The molecule has 0 amide bonds. The average Bonchev–Trinajstić information content (AvgIpc) is 2.67. The largest absolute Gasteiger partial charge is 0.379 e. The van der Waals surface area contributed by atoms with Crippen LogP contribution >= 0.6 is 0 Å². The molecule has 1 aromatic rings. The number of aromatic nitrogens is 1. The van der Waals surface area contributed by atoms with Crippen molar-refractivity contribution in [2.24, 2.45) is 0 Å². The molecule has 0 unspecified atom stereocenters. The van der Waals surface area contributed by atoms with Crippen LogP contribution < -0.4 is 5.32 Å². The number of nitriles is 1.